The van der Waals surface area contributed by atoms with E-state index in [4.69, 9.17) is 26.8 Å². The van der Waals surface area contributed by atoms with Crippen LogP contribution in [0.2, 0.25) is 0 Å². The summed E-state index contributed by atoms with van der Waals surface area (Å²) in [4.78, 5) is 17.7. The minimum atomic E-state index is -0.763. The van der Waals surface area contributed by atoms with Gasteiger partial charge in [-0.15, -0.1) is 0 Å². The molecule has 2 radical (unpaired) electrons. The molecule has 0 aliphatic carbocycles. The lowest BCUT2D eigenvalue weighted by atomic mass is 9.92. The Morgan fingerprint density at radius 2 is 1.87 bits per heavy atom. The van der Waals surface area contributed by atoms with Gasteiger partial charge in [-0.3, -0.25) is 9.78 Å². The minimum absolute atomic E-state index is 0.153. The number of fused-ring (bicyclic) bond motifs is 1. The largest absolute Gasteiger partial charge is 0.497 e. The van der Waals surface area contributed by atoms with E-state index >= 15 is 0 Å². The van der Waals surface area contributed by atoms with E-state index in [0.717, 1.165) is 22.0 Å². The summed E-state index contributed by atoms with van der Waals surface area (Å²) in [6.07, 6.45) is 2.61. The van der Waals surface area contributed by atoms with Crippen molar-refractivity contribution in [1.82, 2.24) is 4.98 Å². The predicted molar refractivity (Wildman–Crippen MR) is 119 cm³/mol. The normalized spacial score (nSPS) is 16.5. The minimum Gasteiger partial charge on any atom is -0.497 e. The van der Waals surface area contributed by atoms with Crippen LogP contribution in [0.25, 0.3) is 16.7 Å². The molecule has 6 nitrogen and oxygen atoms in total. The lowest BCUT2D eigenvalue weighted by Crippen LogP contribution is -2.28. The lowest BCUT2D eigenvalue weighted by molar-refractivity contribution is -0.136. The fourth-order valence-corrected chi connectivity index (χ4v) is 3.83. The van der Waals surface area contributed by atoms with Crippen molar-refractivity contribution in [2.45, 2.75) is 18.6 Å². The maximum atomic E-state index is 13.3. The summed E-state index contributed by atoms with van der Waals surface area (Å²) in [5.41, 5.74) is 2.71. The first-order valence-corrected chi connectivity index (χ1v) is 9.86. The van der Waals surface area contributed by atoms with Crippen LogP contribution in [0.5, 0.6) is 11.5 Å². The van der Waals surface area contributed by atoms with Gasteiger partial charge in [-0.05, 0) is 41.4 Å². The van der Waals surface area contributed by atoms with E-state index in [1.54, 1.807) is 18.3 Å². The lowest BCUT2D eigenvalue weighted by Gasteiger charge is -2.21. The third-order valence-corrected chi connectivity index (χ3v) is 5.39. The number of carbonyl (C=O) groups is 1. The summed E-state index contributed by atoms with van der Waals surface area (Å²) >= 11 is 0. The molecule has 0 amide bonds. The number of ether oxygens (including phenoxy) is 4. The second-order valence-corrected chi connectivity index (χ2v) is 7.14. The van der Waals surface area contributed by atoms with Crippen LogP contribution in [0.15, 0.2) is 54.7 Å². The van der Waals surface area contributed by atoms with Crippen molar-refractivity contribution in [2.24, 2.45) is 0 Å². The Morgan fingerprint density at radius 1 is 1.13 bits per heavy atom. The van der Waals surface area contributed by atoms with Gasteiger partial charge in [-0.25, -0.2) is 0 Å². The number of benzene rings is 2. The number of carbonyl (C=O) groups excluding carboxylic acids is 1. The van der Waals surface area contributed by atoms with E-state index in [2.05, 4.69) is 4.98 Å². The monoisotopic (exact) mass is 415 g/mol. The molecule has 1 aliphatic rings. The Bertz CT molecular complexity index is 1130. The predicted octanol–water partition coefficient (Wildman–Crippen LogP) is 3.13. The Kier molecular flexibility index (Phi) is 5.95. The average molecular weight is 415 g/mol. The van der Waals surface area contributed by atoms with E-state index in [1.165, 1.54) is 21.3 Å². The summed E-state index contributed by atoms with van der Waals surface area (Å²) in [6, 6.07) is 13.0. The third-order valence-electron chi connectivity index (χ3n) is 5.39. The average Bonchev–Trinajstić information content (AvgIpc) is 3.30. The second-order valence-electron chi connectivity index (χ2n) is 7.14. The van der Waals surface area contributed by atoms with Crippen LogP contribution in [0.4, 0.5) is 0 Å². The topological polar surface area (TPSA) is 66.9 Å². The Labute approximate surface area is 182 Å². The van der Waals surface area contributed by atoms with E-state index in [0.29, 0.717) is 29.1 Å². The van der Waals surface area contributed by atoms with Gasteiger partial charge < -0.3 is 18.9 Å². The standard InChI is InChI=1S/C24H22BNO5/c1-28-20-12-14(13-21(29-2)22(20)25)18-9-10-19(31-18)23(27)24(30-3)16-6-4-8-17-15(16)7-5-11-26-17/h4-9,11-13,19,24H,10H2,1-3H3. The third kappa shape index (κ3) is 3.89. The molecule has 4 rings (SSSR count). The molecule has 0 saturated heterocycles. The number of nitrogens with zero attached hydrogens (tertiary/aromatic N) is 1. The number of methoxy groups -OCH3 is 3. The number of ketones is 1. The molecule has 0 fully saturated rings. The molecular formula is C24H22BNO5. The van der Waals surface area contributed by atoms with Crippen LogP contribution in [-0.2, 0) is 14.3 Å². The first-order chi connectivity index (χ1) is 15.1. The fraction of sp³-hybridized carbons (Fsp3) is 0.250. The Hall–Kier alpha value is -3.32. The van der Waals surface area contributed by atoms with Gasteiger partial charge >= 0.3 is 0 Å². The summed E-state index contributed by atoms with van der Waals surface area (Å²) < 4.78 is 22.3. The number of Topliss-reactive ketones (excluding diaryl/α,β-unsaturated/α-hetero) is 1. The first kappa shape index (κ1) is 20.9. The number of pyridine rings is 1. The molecule has 3 aromatic rings. The van der Waals surface area contributed by atoms with E-state index in [1.807, 2.05) is 36.4 Å². The van der Waals surface area contributed by atoms with Gasteiger partial charge in [-0.2, -0.15) is 0 Å². The fourth-order valence-electron chi connectivity index (χ4n) is 3.83. The van der Waals surface area contributed by atoms with Crippen LogP contribution < -0.4 is 14.9 Å². The van der Waals surface area contributed by atoms with E-state index < -0.39 is 12.2 Å². The maximum Gasteiger partial charge on any atom is 0.206 e. The van der Waals surface area contributed by atoms with Crippen LogP contribution in [0, 0.1) is 0 Å². The maximum absolute atomic E-state index is 13.3. The highest BCUT2D eigenvalue weighted by Crippen LogP contribution is 2.34. The highest BCUT2D eigenvalue weighted by atomic mass is 16.5. The Balaban J connectivity index is 1.59. The Morgan fingerprint density at radius 3 is 2.55 bits per heavy atom. The van der Waals surface area contributed by atoms with Crippen LogP contribution >= 0.6 is 0 Å². The van der Waals surface area contributed by atoms with E-state index in [-0.39, 0.29) is 5.78 Å². The van der Waals surface area contributed by atoms with Crippen LogP contribution in [0.1, 0.15) is 23.7 Å². The molecular weight excluding hydrogens is 393 g/mol. The van der Waals surface area contributed by atoms with Crippen molar-refractivity contribution in [3.8, 4) is 11.5 Å². The number of hydrogen-bond acceptors (Lipinski definition) is 6. The summed E-state index contributed by atoms with van der Waals surface area (Å²) in [7, 11) is 10.6. The van der Waals surface area contributed by atoms with Gasteiger partial charge in [0.05, 0.1) is 19.7 Å². The molecule has 0 N–H and O–H groups in total. The number of hydrogen-bond donors (Lipinski definition) is 0. The van der Waals surface area contributed by atoms with Crippen LogP contribution in [-0.4, -0.2) is 46.0 Å². The van der Waals surface area contributed by atoms with Gasteiger partial charge in [0.2, 0.25) is 5.78 Å². The van der Waals surface area contributed by atoms with Crippen molar-refractivity contribution in [1.29, 1.82) is 0 Å². The quantitative estimate of drug-likeness (QED) is 0.553. The van der Waals surface area contributed by atoms with Gasteiger partial charge in [0.15, 0.2) is 6.10 Å². The van der Waals surface area contributed by atoms with Crippen LogP contribution in [0.3, 0.4) is 0 Å². The van der Waals surface area contributed by atoms with Crippen molar-refractivity contribution in [3.63, 3.8) is 0 Å². The molecule has 31 heavy (non-hydrogen) atoms. The van der Waals surface area contributed by atoms with Crippen molar-refractivity contribution < 1.29 is 23.7 Å². The van der Waals surface area contributed by atoms with Crippen molar-refractivity contribution in [3.05, 3.63) is 65.9 Å². The summed E-state index contributed by atoms with van der Waals surface area (Å²) in [5.74, 6) is 1.38. The van der Waals surface area contributed by atoms with Crippen molar-refractivity contribution >= 4 is 35.8 Å². The summed E-state index contributed by atoms with van der Waals surface area (Å²) in [5, 5.41) is 0.879. The molecule has 0 spiro atoms. The number of rotatable bonds is 7. The summed E-state index contributed by atoms with van der Waals surface area (Å²) in [6.45, 7) is 0. The molecule has 1 aromatic heterocycles. The SMILES string of the molecule is [B]c1c(OC)cc(C2=CCC(C(=O)C(OC)c3cccc4ncccc34)O2)cc1OC. The van der Waals surface area contributed by atoms with Gasteiger partial charge in [-0.1, -0.05) is 18.2 Å². The zero-order chi connectivity index (χ0) is 22.0. The molecule has 2 aromatic carbocycles. The van der Waals surface area contributed by atoms with Gasteiger partial charge in [0, 0.05) is 30.7 Å². The molecule has 2 atom stereocenters. The first-order valence-electron chi connectivity index (χ1n) is 9.86. The highest BCUT2D eigenvalue weighted by Gasteiger charge is 2.34. The molecule has 7 heteroatoms. The highest BCUT2D eigenvalue weighted by molar-refractivity contribution is 6.36. The molecule has 0 saturated carbocycles. The molecule has 1 aliphatic heterocycles. The molecule has 0 bridgehead atoms. The molecule has 156 valence electrons. The smallest absolute Gasteiger partial charge is 0.206 e. The molecule has 2 heterocycles. The number of aromatic nitrogens is 1. The second kappa shape index (κ2) is 8.82. The van der Waals surface area contributed by atoms with Gasteiger partial charge in [0.25, 0.3) is 0 Å². The zero-order valence-electron chi connectivity index (χ0n) is 17.6. The van der Waals surface area contributed by atoms with Gasteiger partial charge in [0.1, 0.15) is 31.2 Å². The van der Waals surface area contributed by atoms with E-state index in [9.17, 15) is 4.79 Å². The molecule has 2 unspecified atom stereocenters. The zero-order valence-corrected chi connectivity index (χ0v) is 17.6. The van der Waals surface area contributed by atoms with Crippen molar-refractivity contribution in [2.75, 3.05) is 21.3 Å².